The summed E-state index contributed by atoms with van der Waals surface area (Å²) in [5.74, 6) is -0.703. The van der Waals surface area contributed by atoms with Crippen molar-refractivity contribution in [3.8, 4) is 0 Å². The third-order valence-electron chi connectivity index (χ3n) is 3.23. The summed E-state index contributed by atoms with van der Waals surface area (Å²) in [5.41, 5.74) is 5.12. The second-order valence-corrected chi connectivity index (χ2v) is 7.06. The van der Waals surface area contributed by atoms with Crippen LogP contribution >= 0.6 is 0 Å². The molecule has 0 saturated carbocycles. The fraction of sp³-hybridized carbons (Fsp3) is 0.176. The molecule has 0 radical (unpaired) electrons. The van der Waals surface area contributed by atoms with Crippen LogP contribution in [0.5, 0.6) is 0 Å². The van der Waals surface area contributed by atoms with Gasteiger partial charge in [-0.25, -0.2) is 18.6 Å². The predicted molar refractivity (Wildman–Crippen MR) is 91.4 cm³/mol. The summed E-state index contributed by atoms with van der Waals surface area (Å²) in [4.78, 5) is 23.2. The van der Waals surface area contributed by atoms with Crippen LogP contribution < -0.4 is 10.9 Å². The maximum atomic E-state index is 12.3. The Hall–Kier alpha value is -2.87. The summed E-state index contributed by atoms with van der Waals surface area (Å²) in [7, 11) is -3.45. The van der Waals surface area contributed by atoms with Crippen LogP contribution in [0.2, 0.25) is 0 Å². The fourth-order valence-electron chi connectivity index (χ4n) is 2.03. The molecule has 0 spiro atoms. The highest BCUT2D eigenvalue weighted by Crippen LogP contribution is 2.16. The molecule has 2 rings (SSSR count). The van der Waals surface area contributed by atoms with Crippen molar-refractivity contribution in [1.82, 2.24) is 10.9 Å². The third kappa shape index (κ3) is 5.32. The number of hydrogen-bond donors (Lipinski definition) is 2. The van der Waals surface area contributed by atoms with E-state index < -0.39 is 21.8 Å². The molecule has 0 aromatic heterocycles. The number of rotatable bonds is 5. The smallest absolute Gasteiger partial charge is 0.426 e. The van der Waals surface area contributed by atoms with Crippen molar-refractivity contribution in [2.75, 3.05) is 6.61 Å². The lowest BCUT2D eigenvalue weighted by Crippen LogP contribution is -2.41. The normalized spacial score (nSPS) is 10.8. The van der Waals surface area contributed by atoms with Gasteiger partial charge in [0.25, 0.3) is 5.91 Å². The molecule has 0 bridgehead atoms. The molecule has 132 valence electrons. The second-order valence-electron chi connectivity index (χ2n) is 5.07. The molecule has 2 N–H and O–H groups in total. The first-order valence-corrected chi connectivity index (χ1v) is 9.17. The number of ether oxygens (including phenoxy) is 1. The maximum absolute atomic E-state index is 12.3. The van der Waals surface area contributed by atoms with Gasteiger partial charge in [-0.1, -0.05) is 30.3 Å². The van der Waals surface area contributed by atoms with Gasteiger partial charge in [0.05, 0.1) is 17.3 Å². The summed E-state index contributed by atoms with van der Waals surface area (Å²) >= 11 is 0. The van der Waals surface area contributed by atoms with Crippen molar-refractivity contribution in [2.24, 2.45) is 0 Å². The number of benzene rings is 2. The Balaban J connectivity index is 2.00. The quantitative estimate of drug-likeness (QED) is 0.793. The monoisotopic (exact) mass is 362 g/mol. The van der Waals surface area contributed by atoms with E-state index in [0.717, 1.165) is 0 Å². The van der Waals surface area contributed by atoms with E-state index in [0.29, 0.717) is 5.56 Å². The van der Waals surface area contributed by atoms with Crippen molar-refractivity contribution in [3.63, 3.8) is 0 Å². The van der Waals surface area contributed by atoms with E-state index >= 15 is 0 Å². The van der Waals surface area contributed by atoms with E-state index in [4.69, 9.17) is 0 Å². The molecule has 7 nitrogen and oxygen atoms in total. The molecule has 0 atom stereocenters. The molecule has 25 heavy (non-hydrogen) atoms. The van der Waals surface area contributed by atoms with Gasteiger partial charge in [0, 0.05) is 5.56 Å². The second kappa shape index (κ2) is 8.29. The van der Waals surface area contributed by atoms with E-state index in [1.165, 1.54) is 24.3 Å². The molecule has 0 aliphatic rings. The molecule has 2 aromatic rings. The maximum Gasteiger partial charge on any atom is 0.426 e. The van der Waals surface area contributed by atoms with Gasteiger partial charge < -0.3 is 4.74 Å². The minimum Gasteiger partial charge on any atom is -0.449 e. The fourth-order valence-corrected chi connectivity index (χ4v) is 3.40. The van der Waals surface area contributed by atoms with Gasteiger partial charge in [0.2, 0.25) is 0 Å². The van der Waals surface area contributed by atoms with Gasteiger partial charge in [-0.2, -0.15) is 0 Å². The van der Waals surface area contributed by atoms with Crippen molar-refractivity contribution < 1.29 is 22.7 Å². The lowest BCUT2D eigenvalue weighted by molar-refractivity contribution is 0.0912. The zero-order chi connectivity index (χ0) is 18.3. The molecule has 0 aliphatic carbocycles. The average molecular weight is 362 g/mol. The molecular weight excluding hydrogens is 344 g/mol. The molecule has 0 saturated heterocycles. The Kier molecular flexibility index (Phi) is 6.13. The van der Waals surface area contributed by atoms with E-state index in [2.05, 4.69) is 15.6 Å². The van der Waals surface area contributed by atoms with Crippen LogP contribution in [0.3, 0.4) is 0 Å². The van der Waals surface area contributed by atoms with E-state index in [9.17, 15) is 18.0 Å². The van der Waals surface area contributed by atoms with Crippen LogP contribution in [-0.2, 0) is 20.3 Å². The summed E-state index contributed by atoms with van der Waals surface area (Å²) < 4.78 is 29.3. The Morgan fingerprint density at radius 1 is 0.960 bits per heavy atom. The zero-order valence-electron chi connectivity index (χ0n) is 13.6. The number of carbonyl (C=O) groups excluding carboxylic acids is 2. The number of carbonyl (C=O) groups is 2. The SMILES string of the molecule is CCOC(=O)NNC(=O)c1ccc(CS(=O)(=O)c2ccccc2)cc1. The molecule has 0 fully saturated rings. The lowest BCUT2D eigenvalue weighted by atomic mass is 10.1. The van der Waals surface area contributed by atoms with Crippen LogP contribution in [0.1, 0.15) is 22.8 Å². The van der Waals surface area contributed by atoms with Crippen LogP contribution in [0, 0.1) is 0 Å². The highest BCUT2D eigenvalue weighted by Gasteiger charge is 2.15. The highest BCUT2D eigenvalue weighted by atomic mass is 32.2. The van der Waals surface area contributed by atoms with E-state index in [1.54, 1.807) is 37.3 Å². The third-order valence-corrected chi connectivity index (χ3v) is 4.93. The molecule has 2 aromatic carbocycles. The Morgan fingerprint density at radius 3 is 2.20 bits per heavy atom. The largest absolute Gasteiger partial charge is 0.449 e. The first-order chi connectivity index (χ1) is 11.9. The number of amides is 2. The van der Waals surface area contributed by atoms with E-state index in [-0.39, 0.29) is 22.8 Å². The first-order valence-electron chi connectivity index (χ1n) is 7.52. The Morgan fingerprint density at radius 2 is 1.60 bits per heavy atom. The van der Waals surface area contributed by atoms with Crippen molar-refractivity contribution >= 4 is 21.8 Å². The molecule has 0 unspecified atom stereocenters. The Bertz CT molecular complexity index is 833. The van der Waals surface area contributed by atoms with Gasteiger partial charge in [-0.05, 0) is 36.8 Å². The van der Waals surface area contributed by atoms with E-state index in [1.807, 2.05) is 0 Å². The highest BCUT2D eigenvalue weighted by molar-refractivity contribution is 7.90. The van der Waals surface area contributed by atoms with Crippen molar-refractivity contribution in [2.45, 2.75) is 17.6 Å². The molecular formula is C17H18N2O5S. The first kappa shape index (κ1) is 18.5. The van der Waals surface area contributed by atoms with Gasteiger partial charge in [0.1, 0.15) is 0 Å². The standard InChI is InChI=1S/C17H18N2O5S/c1-2-24-17(21)19-18-16(20)14-10-8-13(9-11-14)12-25(22,23)15-6-4-3-5-7-15/h3-11H,2,12H2,1H3,(H,18,20)(H,19,21). The summed E-state index contributed by atoms with van der Waals surface area (Å²) in [6.45, 7) is 1.83. The molecule has 8 heteroatoms. The van der Waals surface area contributed by atoms with Gasteiger partial charge in [-0.15, -0.1) is 0 Å². The van der Waals surface area contributed by atoms with Crippen LogP contribution in [0.25, 0.3) is 0 Å². The molecule has 2 amide bonds. The lowest BCUT2D eigenvalue weighted by Gasteiger charge is -2.08. The van der Waals surface area contributed by atoms with Gasteiger partial charge >= 0.3 is 6.09 Å². The van der Waals surface area contributed by atoms with Crippen molar-refractivity contribution in [3.05, 3.63) is 65.7 Å². The minimum atomic E-state index is -3.45. The van der Waals surface area contributed by atoms with Crippen molar-refractivity contribution in [1.29, 1.82) is 0 Å². The molecule has 0 aliphatic heterocycles. The number of hydrazine groups is 1. The Labute approximate surface area is 145 Å². The topological polar surface area (TPSA) is 102 Å². The van der Waals surface area contributed by atoms with Gasteiger partial charge in [-0.3, -0.25) is 10.2 Å². The molecule has 0 heterocycles. The zero-order valence-corrected chi connectivity index (χ0v) is 14.4. The number of nitrogens with one attached hydrogen (secondary N) is 2. The average Bonchev–Trinajstić information content (AvgIpc) is 2.61. The van der Waals surface area contributed by atoms with Crippen LogP contribution in [0.4, 0.5) is 4.79 Å². The summed E-state index contributed by atoms with van der Waals surface area (Å²) in [6.07, 6.45) is -0.763. The minimum absolute atomic E-state index is 0.167. The number of sulfone groups is 1. The predicted octanol–water partition coefficient (Wildman–Crippen LogP) is 2.05. The van der Waals surface area contributed by atoms with Crippen LogP contribution in [0.15, 0.2) is 59.5 Å². The summed E-state index contributed by atoms with van der Waals surface area (Å²) in [5, 5.41) is 0. The van der Waals surface area contributed by atoms with Crippen LogP contribution in [-0.4, -0.2) is 27.0 Å². The summed E-state index contributed by atoms with van der Waals surface area (Å²) in [6, 6.07) is 14.2. The van der Waals surface area contributed by atoms with Gasteiger partial charge in [0.15, 0.2) is 9.84 Å². The number of hydrogen-bond acceptors (Lipinski definition) is 5.